The van der Waals surface area contributed by atoms with Crippen molar-refractivity contribution in [3.63, 3.8) is 0 Å². The molecule has 0 fully saturated rings. The molecule has 0 saturated carbocycles. The van der Waals surface area contributed by atoms with Crippen LogP contribution in [0.25, 0.3) is 0 Å². The summed E-state index contributed by atoms with van der Waals surface area (Å²) in [5.74, 6) is 0.807. The third kappa shape index (κ3) is 8.86. The fourth-order valence-electron chi connectivity index (χ4n) is 1.78. The van der Waals surface area contributed by atoms with Crippen molar-refractivity contribution in [1.82, 2.24) is 0 Å². The normalized spacial score (nSPS) is 8.88. The minimum absolute atomic E-state index is 0.0687. The van der Waals surface area contributed by atoms with Gasteiger partial charge in [0.2, 0.25) is 0 Å². The molecule has 24 heavy (non-hydrogen) atoms. The minimum Gasteiger partial charge on any atom is -0.494 e. The number of ether oxygens (including phenoxy) is 1. The Balaban J connectivity index is 0.000000390. The van der Waals surface area contributed by atoms with Gasteiger partial charge in [0.25, 0.3) is 0 Å². The highest BCUT2D eigenvalue weighted by Crippen LogP contribution is 2.09. The fourth-order valence-corrected chi connectivity index (χ4v) is 1.78. The van der Waals surface area contributed by atoms with E-state index in [1.165, 1.54) is 13.8 Å². The summed E-state index contributed by atoms with van der Waals surface area (Å²) in [5, 5.41) is 0. The van der Waals surface area contributed by atoms with Crippen LogP contribution in [0.15, 0.2) is 54.6 Å². The van der Waals surface area contributed by atoms with Gasteiger partial charge in [0.05, 0.1) is 6.61 Å². The largest absolute Gasteiger partial charge is 0.494 e. The molecule has 2 aromatic rings. The van der Waals surface area contributed by atoms with E-state index in [9.17, 15) is 9.59 Å². The van der Waals surface area contributed by atoms with E-state index in [-0.39, 0.29) is 11.6 Å². The van der Waals surface area contributed by atoms with Gasteiger partial charge in [0, 0.05) is 11.1 Å². The summed E-state index contributed by atoms with van der Waals surface area (Å²) in [7, 11) is 0. The number of rotatable bonds is 4. The summed E-state index contributed by atoms with van der Waals surface area (Å²) in [6.07, 6.45) is 0. The van der Waals surface area contributed by atoms with E-state index in [0.717, 1.165) is 18.9 Å². The highest BCUT2D eigenvalue weighted by molar-refractivity contribution is 6.07. The number of hydrogen-bond donors (Lipinski definition) is 1. The number of nitrogens with two attached hydrogens (primary N) is 1. The Morgan fingerprint density at radius 2 is 1.21 bits per heavy atom. The number of hydrogen-bond acceptors (Lipinski definition) is 4. The number of carbonyl (C=O) groups is 2. The Kier molecular flexibility index (Phi) is 11.7. The first kappa shape index (κ1) is 21.5. The van der Waals surface area contributed by atoms with Crippen LogP contribution in [-0.4, -0.2) is 24.7 Å². The molecule has 0 unspecified atom stereocenters. The Bertz CT molecular complexity index is 576. The van der Waals surface area contributed by atoms with Crippen molar-refractivity contribution in [3.8, 4) is 5.75 Å². The molecule has 0 aliphatic heterocycles. The molecule has 0 heterocycles. The molecule has 0 amide bonds. The van der Waals surface area contributed by atoms with Crippen LogP contribution in [0.2, 0.25) is 0 Å². The predicted octanol–water partition coefficient (Wildman–Crippen LogP) is 4.14. The second-order valence-corrected chi connectivity index (χ2v) is 4.81. The SMILES string of the molecule is CC(=O)c1ccccc1C(C)=O.CCN.CCOc1ccccc1. The molecule has 0 bridgehead atoms. The first-order valence-corrected chi connectivity index (χ1v) is 7.96. The smallest absolute Gasteiger partial charge is 0.160 e. The lowest BCUT2D eigenvalue weighted by atomic mass is 10.0. The van der Waals surface area contributed by atoms with Crippen LogP contribution in [-0.2, 0) is 0 Å². The topological polar surface area (TPSA) is 69.4 Å². The van der Waals surface area contributed by atoms with E-state index < -0.39 is 0 Å². The standard InChI is InChI=1S/C10H10O2.C8H10O.C2H7N/c1-7(11)9-5-3-4-6-10(9)8(2)12;1-2-9-8-6-4-3-5-7-8;1-2-3/h3-6H,1-2H3;3-7H,2H2,1H3;2-3H2,1H3. The highest BCUT2D eigenvalue weighted by Gasteiger charge is 2.08. The van der Waals surface area contributed by atoms with Crippen LogP contribution < -0.4 is 10.5 Å². The summed E-state index contributed by atoms with van der Waals surface area (Å²) in [6, 6.07) is 16.6. The highest BCUT2D eigenvalue weighted by atomic mass is 16.5. The molecule has 0 radical (unpaired) electrons. The monoisotopic (exact) mass is 329 g/mol. The molecular weight excluding hydrogens is 302 g/mol. The molecule has 0 spiro atoms. The van der Waals surface area contributed by atoms with Crippen LogP contribution in [0.3, 0.4) is 0 Å². The van der Waals surface area contributed by atoms with Crippen LogP contribution in [0, 0.1) is 0 Å². The van der Waals surface area contributed by atoms with E-state index >= 15 is 0 Å². The summed E-state index contributed by atoms with van der Waals surface area (Å²) < 4.78 is 5.21. The Hall–Kier alpha value is -2.46. The summed E-state index contributed by atoms with van der Waals surface area (Å²) >= 11 is 0. The summed E-state index contributed by atoms with van der Waals surface area (Å²) in [5.41, 5.74) is 5.86. The average molecular weight is 329 g/mol. The van der Waals surface area contributed by atoms with E-state index in [0.29, 0.717) is 11.1 Å². The summed E-state index contributed by atoms with van der Waals surface area (Å²) in [6.45, 7) is 8.29. The van der Waals surface area contributed by atoms with E-state index in [4.69, 9.17) is 10.5 Å². The zero-order valence-corrected chi connectivity index (χ0v) is 14.9. The maximum Gasteiger partial charge on any atom is 0.160 e. The van der Waals surface area contributed by atoms with Gasteiger partial charge in [-0.25, -0.2) is 0 Å². The van der Waals surface area contributed by atoms with Crippen molar-refractivity contribution >= 4 is 11.6 Å². The van der Waals surface area contributed by atoms with E-state index in [1.54, 1.807) is 24.3 Å². The van der Waals surface area contributed by atoms with Crippen LogP contribution in [0.5, 0.6) is 5.75 Å². The third-order valence-electron chi connectivity index (χ3n) is 2.74. The lowest BCUT2D eigenvalue weighted by molar-refractivity contribution is 0.0981. The number of ketones is 2. The Morgan fingerprint density at radius 3 is 1.54 bits per heavy atom. The molecule has 0 aromatic heterocycles. The minimum atomic E-state index is -0.0687. The summed E-state index contributed by atoms with van der Waals surface area (Å²) in [4.78, 5) is 22.0. The third-order valence-corrected chi connectivity index (χ3v) is 2.74. The van der Waals surface area contributed by atoms with Gasteiger partial charge in [-0.05, 0) is 39.4 Å². The fraction of sp³-hybridized carbons (Fsp3) is 0.300. The Labute approximate surface area is 144 Å². The van der Waals surface area contributed by atoms with Crippen LogP contribution >= 0.6 is 0 Å². The van der Waals surface area contributed by atoms with Crippen molar-refractivity contribution in [2.24, 2.45) is 5.73 Å². The van der Waals surface area contributed by atoms with E-state index in [1.807, 2.05) is 44.2 Å². The zero-order chi connectivity index (χ0) is 18.4. The quantitative estimate of drug-likeness (QED) is 0.856. The number of para-hydroxylation sites is 1. The molecule has 0 aliphatic rings. The first-order chi connectivity index (χ1) is 11.5. The van der Waals surface area contributed by atoms with E-state index in [2.05, 4.69) is 0 Å². The van der Waals surface area contributed by atoms with Gasteiger partial charge >= 0.3 is 0 Å². The van der Waals surface area contributed by atoms with Gasteiger partial charge in [0.1, 0.15) is 5.75 Å². The molecule has 2 aromatic carbocycles. The number of benzene rings is 2. The van der Waals surface area contributed by atoms with Crippen LogP contribution in [0.4, 0.5) is 0 Å². The second kappa shape index (κ2) is 13.0. The van der Waals surface area contributed by atoms with Gasteiger partial charge in [0.15, 0.2) is 11.6 Å². The van der Waals surface area contributed by atoms with Gasteiger partial charge < -0.3 is 10.5 Å². The Morgan fingerprint density at radius 1 is 0.833 bits per heavy atom. The maximum atomic E-state index is 11.0. The molecule has 2 N–H and O–H groups in total. The number of Topliss-reactive ketones (excluding diaryl/α,β-unsaturated/α-hetero) is 2. The van der Waals surface area contributed by atoms with Crippen molar-refractivity contribution in [3.05, 3.63) is 65.7 Å². The van der Waals surface area contributed by atoms with Gasteiger partial charge in [-0.2, -0.15) is 0 Å². The van der Waals surface area contributed by atoms with Crippen molar-refractivity contribution in [2.75, 3.05) is 13.2 Å². The lowest BCUT2D eigenvalue weighted by Crippen LogP contribution is -2.02. The molecule has 0 atom stereocenters. The number of carbonyl (C=O) groups excluding carboxylic acids is 2. The second-order valence-electron chi connectivity index (χ2n) is 4.81. The average Bonchev–Trinajstić information content (AvgIpc) is 2.57. The van der Waals surface area contributed by atoms with Crippen LogP contribution in [0.1, 0.15) is 48.4 Å². The van der Waals surface area contributed by atoms with Crippen molar-refractivity contribution < 1.29 is 14.3 Å². The molecular formula is C20H27NO3. The molecule has 130 valence electrons. The van der Waals surface area contributed by atoms with Crippen molar-refractivity contribution in [1.29, 1.82) is 0 Å². The van der Waals surface area contributed by atoms with Gasteiger partial charge in [-0.15, -0.1) is 0 Å². The van der Waals surface area contributed by atoms with Gasteiger partial charge in [-0.3, -0.25) is 9.59 Å². The molecule has 0 saturated heterocycles. The molecule has 4 nitrogen and oxygen atoms in total. The van der Waals surface area contributed by atoms with Gasteiger partial charge in [-0.1, -0.05) is 49.4 Å². The maximum absolute atomic E-state index is 11.0. The first-order valence-electron chi connectivity index (χ1n) is 7.96. The molecule has 0 aliphatic carbocycles. The van der Waals surface area contributed by atoms with Crippen molar-refractivity contribution in [2.45, 2.75) is 27.7 Å². The zero-order valence-electron chi connectivity index (χ0n) is 14.9. The lowest BCUT2D eigenvalue weighted by Gasteiger charge is -2.00. The molecule has 4 heteroatoms. The predicted molar refractivity (Wildman–Crippen MR) is 98.8 cm³/mol. The molecule has 2 rings (SSSR count).